The van der Waals surface area contributed by atoms with Crippen LogP contribution in [0.1, 0.15) is 6.42 Å². The van der Waals surface area contributed by atoms with Crippen molar-refractivity contribution < 1.29 is 9.53 Å². The Bertz CT molecular complexity index is 436. The summed E-state index contributed by atoms with van der Waals surface area (Å²) in [5, 5.41) is 6.13. The van der Waals surface area contributed by atoms with Crippen LogP contribution in [0, 0.1) is 0 Å². The summed E-state index contributed by atoms with van der Waals surface area (Å²) in [6.07, 6.45) is 1.10. The van der Waals surface area contributed by atoms with Gasteiger partial charge in [-0.15, -0.1) is 0 Å². The number of para-hydroxylation sites is 2. The van der Waals surface area contributed by atoms with Crippen molar-refractivity contribution in [2.24, 2.45) is 0 Å². The van der Waals surface area contributed by atoms with E-state index in [4.69, 9.17) is 4.74 Å². The Morgan fingerprint density at radius 3 is 2.95 bits per heavy atom. The summed E-state index contributed by atoms with van der Waals surface area (Å²) in [6, 6.07) is 7.82. The van der Waals surface area contributed by atoms with E-state index in [1.165, 1.54) is 0 Å². The summed E-state index contributed by atoms with van der Waals surface area (Å²) in [5.74, 6) is 0.635. The van der Waals surface area contributed by atoms with Gasteiger partial charge in [0, 0.05) is 12.6 Å². The molecule has 1 aliphatic heterocycles. The molecule has 1 aliphatic rings. The Morgan fingerprint density at radius 2 is 2.26 bits per heavy atom. The zero-order chi connectivity index (χ0) is 13.7. The molecule has 1 unspecified atom stereocenters. The molecule has 1 aromatic rings. The third kappa shape index (κ3) is 3.94. The Labute approximate surface area is 113 Å². The van der Waals surface area contributed by atoms with Gasteiger partial charge >= 0.3 is 0 Å². The van der Waals surface area contributed by atoms with E-state index in [2.05, 4.69) is 22.6 Å². The molecule has 5 nitrogen and oxygen atoms in total. The molecule has 0 radical (unpaired) electrons. The van der Waals surface area contributed by atoms with E-state index in [-0.39, 0.29) is 5.91 Å². The average Bonchev–Trinajstić information content (AvgIpc) is 2.83. The highest BCUT2D eigenvalue weighted by molar-refractivity contribution is 5.93. The average molecular weight is 263 g/mol. The van der Waals surface area contributed by atoms with E-state index in [0.717, 1.165) is 19.5 Å². The van der Waals surface area contributed by atoms with Gasteiger partial charge in [-0.05, 0) is 32.1 Å². The van der Waals surface area contributed by atoms with E-state index in [1.807, 2.05) is 24.3 Å². The molecule has 0 saturated carbocycles. The third-order valence-electron chi connectivity index (χ3n) is 3.32. The monoisotopic (exact) mass is 263 g/mol. The summed E-state index contributed by atoms with van der Waals surface area (Å²) in [5.41, 5.74) is 0.709. The minimum absolute atomic E-state index is 0.0425. The van der Waals surface area contributed by atoms with Crippen molar-refractivity contribution in [3.63, 3.8) is 0 Å². The fourth-order valence-electron chi connectivity index (χ4n) is 2.28. The van der Waals surface area contributed by atoms with E-state index in [0.29, 0.717) is 24.0 Å². The smallest absolute Gasteiger partial charge is 0.238 e. The topological polar surface area (TPSA) is 53.6 Å². The fraction of sp³-hybridized carbons (Fsp3) is 0.500. The van der Waals surface area contributed by atoms with Gasteiger partial charge in [-0.25, -0.2) is 0 Å². The summed E-state index contributed by atoms with van der Waals surface area (Å²) in [6.45, 7) is 2.42. The van der Waals surface area contributed by atoms with E-state index in [1.54, 1.807) is 7.11 Å². The zero-order valence-corrected chi connectivity index (χ0v) is 11.5. The van der Waals surface area contributed by atoms with Crippen molar-refractivity contribution >= 4 is 11.6 Å². The van der Waals surface area contributed by atoms with Crippen molar-refractivity contribution in [2.45, 2.75) is 12.5 Å². The molecule has 0 bridgehead atoms. The molecule has 1 atom stereocenters. The summed E-state index contributed by atoms with van der Waals surface area (Å²) >= 11 is 0. The number of carbonyl (C=O) groups excluding carboxylic acids is 1. The second-order valence-corrected chi connectivity index (χ2v) is 4.88. The van der Waals surface area contributed by atoms with Crippen LogP contribution in [0.3, 0.4) is 0 Å². The summed E-state index contributed by atoms with van der Waals surface area (Å²) in [7, 11) is 3.69. The number of ether oxygens (including phenoxy) is 1. The number of rotatable bonds is 5. The molecule has 1 saturated heterocycles. The van der Waals surface area contributed by atoms with Gasteiger partial charge in [0.2, 0.25) is 5.91 Å². The van der Waals surface area contributed by atoms with Crippen LogP contribution in [0.2, 0.25) is 0 Å². The summed E-state index contributed by atoms with van der Waals surface area (Å²) < 4.78 is 5.20. The first-order chi connectivity index (χ1) is 9.19. The number of carbonyl (C=O) groups is 1. The highest BCUT2D eigenvalue weighted by Crippen LogP contribution is 2.22. The van der Waals surface area contributed by atoms with E-state index in [9.17, 15) is 4.79 Å². The minimum atomic E-state index is -0.0425. The van der Waals surface area contributed by atoms with Crippen LogP contribution in [0.4, 0.5) is 5.69 Å². The lowest BCUT2D eigenvalue weighted by molar-refractivity contribution is -0.115. The molecule has 5 heteroatoms. The normalized spacial score (nSPS) is 19.4. The second kappa shape index (κ2) is 6.54. The van der Waals surface area contributed by atoms with Crippen LogP contribution in [0.5, 0.6) is 5.75 Å². The zero-order valence-electron chi connectivity index (χ0n) is 11.5. The highest BCUT2D eigenvalue weighted by Gasteiger charge is 2.19. The molecule has 1 amide bonds. The maximum absolute atomic E-state index is 11.9. The number of hydrogen-bond donors (Lipinski definition) is 2. The number of likely N-dealkylation sites (N-methyl/N-ethyl adjacent to an activating group) is 1. The van der Waals surface area contributed by atoms with Crippen LogP contribution in [-0.4, -0.2) is 50.6 Å². The maximum atomic E-state index is 11.9. The van der Waals surface area contributed by atoms with Gasteiger partial charge in [0.15, 0.2) is 0 Å². The van der Waals surface area contributed by atoms with Gasteiger partial charge in [0.25, 0.3) is 0 Å². The number of hydrogen-bond acceptors (Lipinski definition) is 4. The van der Waals surface area contributed by atoms with Gasteiger partial charge in [0.05, 0.1) is 19.3 Å². The predicted octanol–water partition coefficient (Wildman–Crippen LogP) is 0.927. The van der Waals surface area contributed by atoms with Gasteiger partial charge in [0.1, 0.15) is 5.75 Å². The quantitative estimate of drug-likeness (QED) is 0.830. The van der Waals surface area contributed by atoms with Crippen molar-refractivity contribution in [3.8, 4) is 5.75 Å². The van der Waals surface area contributed by atoms with Crippen molar-refractivity contribution in [3.05, 3.63) is 24.3 Å². The van der Waals surface area contributed by atoms with Crippen LogP contribution in [-0.2, 0) is 4.79 Å². The predicted molar refractivity (Wildman–Crippen MR) is 75.5 cm³/mol. The molecule has 2 N–H and O–H groups in total. The first-order valence-electron chi connectivity index (χ1n) is 6.54. The number of benzene rings is 1. The molecule has 0 aromatic heterocycles. The standard InChI is InChI=1S/C14H21N3O2/c1-17-8-7-11(10-17)15-9-14(18)16-12-5-3-4-6-13(12)19-2/h3-6,11,15H,7-10H2,1-2H3,(H,16,18). The second-order valence-electron chi connectivity index (χ2n) is 4.88. The largest absolute Gasteiger partial charge is 0.495 e. The number of nitrogens with zero attached hydrogens (tertiary/aromatic N) is 1. The summed E-state index contributed by atoms with van der Waals surface area (Å²) in [4.78, 5) is 14.1. The van der Waals surface area contributed by atoms with Gasteiger partial charge < -0.3 is 20.3 Å². The van der Waals surface area contributed by atoms with Crippen LogP contribution < -0.4 is 15.4 Å². The van der Waals surface area contributed by atoms with Gasteiger partial charge in [-0.3, -0.25) is 4.79 Å². The van der Waals surface area contributed by atoms with E-state index >= 15 is 0 Å². The van der Waals surface area contributed by atoms with Crippen LogP contribution >= 0.6 is 0 Å². The number of nitrogens with one attached hydrogen (secondary N) is 2. The van der Waals surface area contributed by atoms with Crippen LogP contribution in [0.25, 0.3) is 0 Å². The third-order valence-corrected chi connectivity index (χ3v) is 3.32. The Morgan fingerprint density at radius 1 is 1.47 bits per heavy atom. The fourth-order valence-corrected chi connectivity index (χ4v) is 2.28. The molecular weight excluding hydrogens is 242 g/mol. The molecule has 0 spiro atoms. The highest BCUT2D eigenvalue weighted by atomic mass is 16.5. The molecule has 0 aliphatic carbocycles. The lowest BCUT2D eigenvalue weighted by atomic mass is 10.2. The number of anilines is 1. The number of likely N-dealkylation sites (tertiary alicyclic amines) is 1. The first kappa shape index (κ1) is 13.8. The molecule has 19 heavy (non-hydrogen) atoms. The Hall–Kier alpha value is -1.59. The molecular formula is C14H21N3O2. The maximum Gasteiger partial charge on any atom is 0.238 e. The van der Waals surface area contributed by atoms with Gasteiger partial charge in [-0.2, -0.15) is 0 Å². The Balaban J connectivity index is 1.81. The molecule has 2 rings (SSSR count). The lowest BCUT2D eigenvalue weighted by Gasteiger charge is -2.13. The van der Waals surface area contributed by atoms with Crippen LogP contribution in [0.15, 0.2) is 24.3 Å². The number of methoxy groups -OCH3 is 1. The minimum Gasteiger partial charge on any atom is -0.495 e. The molecule has 1 aromatic carbocycles. The first-order valence-corrected chi connectivity index (χ1v) is 6.54. The number of amides is 1. The van der Waals surface area contributed by atoms with E-state index < -0.39 is 0 Å². The lowest BCUT2D eigenvalue weighted by Crippen LogP contribution is -2.37. The SMILES string of the molecule is COc1ccccc1NC(=O)CNC1CCN(C)C1. The van der Waals surface area contributed by atoms with Crippen molar-refractivity contribution in [1.29, 1.82) is 0 Å². The Kier molecular flexibility index (Phi) is 4.76. The van der Waals surface area contributed by atoms with Gasteiger partial charge in [-0.1, -0.05) is 12.1 Å². The van der Waals surface area contributed by atoms with Crippen molar-refractivity contribution in [1.82, 2.24) is 10.2 Å². The molecule has 104 valence electrons. The van der Waals surface area contributed by atoms with Crippen molar-refractivity contribution in [2.75, 3.05) is 39.1 Å². The molecule has 1 fully saturated rings. The molecule has 1 heterocycles.